The summed E-state index contributed by atoms with van der Waals surface area (Å²) in [6, 6.07) is 15.3. The van der Waals surface area contributed by atoms with E-state index in [2.05, 4.69) is 9.97 Å². The van der Waals surface area contributed by atoms with Gasteiger partial charge in [-0.3, -0.25) is 14.5 Å². The molecule has 2 heterocycles. The van der Waals surface area contributed by atoms with Gasteiger partial charge in [0.1, 0.15) is 13.2 Å². The second-order valence-electron chi connectivity index (χ2n) is 10.6. The van der Waals surface area contributed by atoms with Crippen molar-refractivity contribution in [3.05, 3.63) is 77.1 Å². The molecular formula is C30H38ClN7O3. The second kappa shape index (κ2) is 14.2. The fourth-order valence-corrected chi connectivity index (χ4v) is 4.93. The topological polar surface area (TPSA) is 131 Å². The van der Waals surface area contributed by atoms with Crippen molar-refractivity contribution >= 4 is 34.8 Å². The van der Waals surface area contributed by atoms with Crippen LogP contribution in [0.2, 0.25) is 5.02 Å². The SMILES string of the molecule is CN(C)c1cc(Cl)cc(CCC(=O)N(CC(=O)N2CC(N)CCC(N)C2)c2cnc(OCc3ccccc3)nc2)c1. The monoisotopic (exact) mass is 579 g/mol. The number of likely N-dealkylation sites (tertiary alicyclic amines) is 1. The molecule has 1 saturated heterocycles. The summed E-state index contributed by atoms with van der Waals surface area (Å²) in [6.07, 6.45) is 5.11. The molecule has 0 saturated carbocycles. The number of rotatable bonds is 10. The van der Waals surface area contributed by atoms with Crippen LogP contribution >= 0.6 is 11.6 Å². The van der Waals surface area contributed by atoms with Crippen molar-refractivity contribution in [1.82, 2.24) is 14.9 Å². The average molecular weight is 580 g/mol. The van der Waals surface area contributed by atoms with Gasteiger partial charge in [0.15, 0.2) is 0 Å². The number of benzene rings is 2. The van der Waals surface area contributed by atoms with Gasteiger partial charge in [0.25, 0.3) is 0 Å². The van der Waals surface area contributed by atoms with Crippen molar-refractivity contribution in [1.29, 1.82) is 0 Å². The fourth-order valence-electron chi connectivity index (χ4n) is 4.68. The van der Waals surface area contributed by atoms with Gasteiger partial charge in [0, 0.05) is 56.4 Å². The highest BCUT2D eigenvalue weighted by molar-refractivity contribution is 6.30. The van der Waals surface area contributed by atoms with E-state index < -0.39 is 0 Å². The van der Waals surface area contributed by atoms with E-state index >= 15 is 0 Å². The lowest BCUT2D eigenvalue weighted by Crippen LogP contribution is -2.48. The van der Waals surface area contributed by atoms with Crippen LogP contribution in [0.4, 0.5) is 11.4 Å². The first-order valence-electron chi connectivity index (χ1n) is 13.7. The minimum atomic E-state index is -0.241. The summed E-state index contributed by atoms with van der Waals surface area (Å²) in [5, 5.41) is 0.596. The van der Waals surface area contributed by atoms with E-state index in [-0.39, 0.29) is 42.9 Å². The zero-order valence-electron chi connectivity index (χ0n) is 23.6. The summed E-state index contributed by atoms with van der Waals surface area (Å²) in [5.74, 6) is -0.470. The molecule has 0 radical (unpaired) electrons. The number of hydrogen-bond acceptors (Lipinski definition) is 8. The molecule has 1 fully saturated rings. The predicted octanol–water partition coefficient (Wildman–Crippen LogP) is 3.02. The molecule has 4 rings (SSSR count). The Balaban J connectivity index is 1.50. The molecule has 10 nitrogen and oxygen atoms in total. The Morgan fingerprint density at radius 3 is 2.27 bits per heavy atom. The molecule has 2 unspecified atom stereocenters. The largest absolute Gasteiger partial charge is 0.459 e. The molecule has 4 N–H and O–H groups in total. The van der Waals surface area contributed by atoms with Gasteiger partial charge in [-0.25, -0.2) is 9.97 Å². The van der Waals surface area contributed by atoms with Gasteiger partial charge in [-0.15, -0.1) is 0 Å². The minimum Gasteiger partial charge on any atom is -0.459 e. The van der Waals surface area contributed by atoms with Crippen molar-refractivity contribution in [2.24, 2.45) is 11.5 Å². The van der Waals surface area contributed by atoms with E-state index in [0.29, 0.717) is 36.8 Å². The van der Waals surface area contributed by atoms with Gasteiger partial charge >= 0.3 is 6.01 Å². The van der Waals surface area contributed by atoms with Crippen LogP contribution in [0.5, 0.6) is 6.01 Å². The smallest absolute Gasteiger partial charge is 0.316 e. The predicted molar refractivity (Wildman–Crippen MR) is 161 cm³/mol. The van der Waals surface area contributed by atoms with Gasteiger partial charge in [-0.2, -0.15) is 0 Å². The molecule has 2 amide bonds. The van der Waals surface area contributed by atoms with Crippen LogP contribution in [-0.2, 0) is 22.6 Å². The zero-order chi connectivity index (χ0) is 29.4. The molecule has 0 bridgehead atoms. The highest BCUT2D eigenvalue weighted by Gasteiger charge is 2.27. The third-order valence-electron chi connectivity index (χ3n) is 6.99. The Morgan fingerprint density at radius 2 is 1.63 bits per heavy atom. The van der Waals surface area contributed by atoms with E-state index in [4.69, 9.17) is 27.8 Å². The first-order chi connectivity index (χ1) is 19.7. The number of nitrogens with two attached hydrogens (primary N) is 2. The van der Waals surface area contributed by atoms with Gasteiger partial charge in [-0.1, -0.05) is 41.9 Å². The maximum atomic E-state index is 13.6. The number of carbonyl (C=O) groups excluding carboxylic acids is 2. The number of halogens is 1. The number of anilines is 2. The van der Waals surface area contributed by atoms with Crippen LogP contribution in [-0.4, -0.2) is 72.5 Å². The van der Waals surface area contributed by atoms with E-state index in [9.17, 15) is 9.59 Å². The van der Waals surface area contributed by atoms with E-state index in [1.54, 1.807) is 4.90 Å². The molecule has 218 valence electrons. The van der Waals surface area contributed by atoms with Crippen molar-refractivity contribution in [2.45, 2.75) is 44.4 Å². The molecule has 1 aromatic heterocycles. The number of hydrogen-bond donors (Lipinski definition) is 2. The third kappa shape index (κ3) is 8.88. The molecule has 0 spiro atoms. The molecule has 1 aliphatic heterocycles. The van der Waals surface area contributed by atoms with Crippen LogP contribution in [0.25, 0.3) is 0 Å². The number of carbonyl (C=O) groups is 2. The zero-order valence-corrected chi connectivity index (χ0v) is 24.3. The lowest BCUT2D eigenvalue weighted by atomic mass is 10.1. The third-order valence-corrected chi connectivity index (χ3v) is 7.21. The van der Waals surface area contributed by atoms with E-state index in [1.807, 2.05) is 67.5 Å². The van der Waals surface area contributed by atoms with Crippen molar-refractivity contribution in [3.8, 4) is 6.01 Å². The first-order valence-corrected chi connectivity index (χ1v) is 14.1. The second-order valence-corrected chi connectivity index (χ2v) is 11.0. The van der Waals surface area contributed by atoms with Crippen LogP contribution in [0.1, 0.15) is 30.4 Å². The quantitative estimate of drug-likeness (QED) is 0.375. The number of aryl methyl sites for hydroxylation is 1. The van der Waals surface area contributed by atoms with E-state index in [0.717, 1.165) is 29.7 Å². The van der Waals surface area contributed by atoms with Crippen molar-refractivity contribution in [3.63, 3.8) is 0 Å². The van der Waals surface area contributed by atoms with Crippen LogP contribution in [0, 0.1) is 0 Å². The summed E-state index contributed by atoms with van der Waals surface area (Å²) < 4.78 is 5.70. The Morgan fingerprint density at radius 1 is 0.976 bits per heavy atom. The maximum absolute atomic E-state index is 13.6. The van der Waals surface area contributed by atoms with Crippen molar-refractivity contribution in [2.75, 3.05) is 43.5 Å². The maximum Gasteiger partial charge on any atom is 0.316 e. The molecular weight excluding hydrogens is 542 g/mol. The summed E-state index contributed by atoms with van der Waals surface area (Å²) in [6.45, 7) is 0.927. The highest BCUT2D eigenvalue weighted by Crippen LogP contribution is 2.23. The standard InChI is InChI=1S/C30H38ClN7O3/c1-36(2)26-13-22(12-23(31)14-26)8-11-28(39)38(19-29(40)37-17-24(32)9-10-25(33)18-37)27-15-34-30(35-16-27)41-20-21-6-4-3-5-7-21/h3-7,12-16,24-25H,8-11,17-20,32-33H2,1-2H3. The number of amides is 2. The Labute approximate surface area is 246 Å². The lowest BCUT2D eigenvalue weighted by molar-refractivity contribution is -0.131. The van der Waals surface area contributed by atoms with Gasteiger partial charge in [0.05, 0.1) is 18.1 Å². The van der Waals surface area contributed by atoms with Crippen LogP contribution in [0.3, 0.4) is 0 Å². The first kappa shape index (κ1) is 30.2. The molecule has 0 aliphatic carbocycles. The lowest BCUT2D eigenvalue weighted by Gasteiger charge is -2.28. The molecule has 11 heteroatoms. The van der Waals surface area contributed by atoms with E-state index in [1.165, 1.54) is 17.3 Å². The number of ether oxygens (including phenoxy) is 1. The summed E-state index contributed by atoms with van der Waals surface area (Å²) in [5.41, 5.74) is 15.6. The van der Waals surface area contributed by atoms with Gasteiger partial charge in [0.2, 0.25) is 11.8 Å². The summed E-state index contributed by atoms with van der Waals surface area (Å²) >= 11 is 6.32. The average Bonchev–Trinajstić information content (AvgIpc) is 3.14. The summed E-state index contributed by atoms with van der Waals surface area (Å²) in [7, 11) is 3.86. The number of nitrogens with zero attached hydrogens (tertiary/aromatic N) is 5. The van der Waals surface area contributed by atoms with Crippen LogP contribution in [0.15, 0.2) is 60.9 Å². The Bertz CT molecular complexity index is 1300. The highest BCUT2D eigenvalue weighted by atomic mass is 35.5. The Kier molecular flexibility index (Phi) is 10.5. The molecule has 3 aromatic rings. The van der Waals surface area contributed by atoms with Gasteiger partial charge < -0.3 is 26.0 Å². The Hall–Kier alpha value is -3.73. The molecule has 1 aliphatic rings. The summed E-state index contributed by atoms with van der Waals surface area (Å²) in [4.78, 5) is 40.7. The molecule has 2 atom stereocenters. The van der Waals surface area contributed by atoms with Gasteiger partial charge in [-0.05, 0) is 48.6 Å². The van der Waals surface area contributed by atoms with Crippen molar-refractivity contribution < 1.29 is 14.3 Å². The number of aromatic nitrogens is 2. The fraction of sp³-hybridized carbons (Fsp3) is 0.400. The minimum absolute atomic E-state index is 0.158. The molecule has 2 aromatic carbocycles. The normalized spacial score (nSPS) is 17.0. The van der Waals surface area contributed by atoms with Crippen LogP contribution < -0.4 is 26.0 Å². The molecule has 41 heavy (non-hydrogen) atoms.